The molecule has 22 heavy (non-hydrogen) atoms. The SMILES string of the molecule is O=C(O)CCC(=O)Oc1ccccc1C=Cc1ccccc1. The van der Waals surface area contributed by atoms with Gasteiger partial charge in [-0.25, -0.2) is 0 Å². The largest absolute Gasteiger partial charge is 0.481 e. The summed E-state index contributed by atoms with van der Waals surface area (Å²) in [5.41, 5.74) is 1.80. The highest BCUT2D eigenvalue weighted by molar-refractivity contribution is 5.80. The van der Waals surface area contributed by atoms with Crippen LogP contribution in [0.3, 0.4) is 0 Å². The molecular formula is C18H16O4. The first-order valence-corrected chi connectivity index (χ1v) is 6.90. The van der Waals surface area contributed by atoms with E-state index in [1.165, 1.54) is 0 Å². The van der Waals surface area contributed by atoms with Crippen LogP contribution >= 0.6 is 0 Å². The topological polar surface area (TPSA) is 63.6 Å². The van der Waals surface area contributed by atoms with Crippen LogP contribution in [0.25, 0.3) is 12.2 Å². The first kappa shape index (κ1) is 15.5. The third-order valence-corrected chi connectivity index (χ3v) is 2.94. The Hall–Kier alpha value is -2.88. The van der Waals surface area contributed by atoms with Gasteiger partial charge in [0.05, 0.1) is 12.8 Å². The molecule has 0 spiro atoms. The van der Waals surface area contributed by atoms with Crippen molar-refractivity contribution in [3.8, 4) is 5.75 Å². The van der Waals surface area contributed by atoms with Gasteiger partial charge in [-0.05, 0) is 11.6 Å². The van der Waals surface area contributed by atoms with Crippen molar-refractivity contribution in [2.75, 3.05) is 0 Å². The summed E-state index contributed by atoms with van der Waals surface area (Å²) in [6.07, 6.45) is 3.39. The number of rotatable bonds is 6. The van der Waals surface area contributed by atoms with Crippen molar-refractivity contribution >= 4 is 24.1 Å². The van der Waals surface area contributed by atoms with E-state index in [0.29, 0.717) is 5.75 Å². The van der Waals surface area contributed by atoms with Gasteiger partial charge in [0.15, 0.2) is 0 Å². The molecule has 112 valence electrons. The Balaban J connectivity index is 2.08. The number of carboxylic acids is 1. The number of benzene rings is 2. The van der Waals surface area contributed by atoms with E-state index in [0.717, 1.165) is 11.1 Å². The molecule has 0 bridgehead atoms. The number of hydrogen-bond donors (Lipinski definition) is 1. The Labute approximate surface area is 128 Å². The zero-order valence-electron chi connectivity index (χ0n) is 11.9. The molecule has 0 aliphatic rings. The quantitative estimate of drug-likeness (QED) is 0.502. The molecule has 0 heterocycles. The Morgan fingerprint density at radius 1 is 0.909 bits per heavy atom. The van der Waals surface area contributed by atoms with Crippen molar-refractivity contribution in [1.29, 1.82) is 0 Å². The van der Waals surface area contributed by atoms with Crippen LogP contribution in [0.2, 0.25) is 0 Å². The fourth-order valence-electron chi connectivity index (χ4n) is 1.84. The minimum Gasteiger partial charge on any atom is -0.481 e. The van der Waals surface area contributed by atoms with Gasteiger partial charge < -0.3 is 9.84 Å². The van der Waals surface area contributed by atoms with E-state index in [9.17, 15) is 9.59 Å². The second-order valence-corrected chi connectivity index (χ2v) is 4.65. The molecule has 2 aromatic carbocycles. The maximum Gasteiger partial charge on any atom is 0.311 e. The van der Waals surface area contributed by atoms with Crippen molar-refractivity contribution in [1.82, 2.24) is 0 Å². The van der Waals surface area contributed by atoms with Gasteiger partial charge in [0.1, 0.15) is 5.75 Å². The van der Waals surface area contributed by atoms with E-state index >= 15 is 0 Å². The van der Waals surface area contributed by atoms with Crippen molar-refractivity contribution < 1.29 is 19.4 Å². The Morgan fingerprint density at radius 2 is 1.59 bits per heavy atom. The summed E-state index contributed by atoms with van der Waals surface area (Å²) >= 11 is 0. The lowest BCUT2D eigenvalue weighted by molar-refractivity contribution is -0.142. The molecule has 0 aliphatic heterocycles. The van der Waals surface area contributed by atoms with Crippen LogP contribution < -0.4 is 4.74 Å². The number of ether oxygens (including phenoxy) is 1. The summed E-state index contributed by atoms with van der Waals surface area (Å²) in [4.78, 5) is 22.1. The van der Waals surface area contributed by atoms with Crippen LogP contribution in [0.15, 0.2) is 54.6 Å². The van der Waals surface area contributed by atoms with Crippen LogP contribution in [0.4, 0.5) is 0 Å². The van der Waals surface area contributed by atoms with Crippen LogP contribution in [-0.2, 0) is 9.59 Å². The number of carbonyl (C=O) groups excluding carboxylic acids is 1. The number of carbonyl (C=O) groups is 2. The smallest absolute Gasteiger partial charge is 0.311 e. The molecule has 0 unspecified atom stereocenters. The monoisotopic (exact) mass is 296 g/mol. The first-order valence-electron chi connectivity index (χ1n) is 6.90. The molecule has 0 saturated heterocycles. The zero-order valence-corrected chi connectivity index (χ0v) is 11.9. The van der Waals surface area contributed by atoms with Gasteiger partial charge >= 0.3 is 11.9 Å². The van der Waals surface area contributed by atoms with Crippen molar-refractivity contribution in [2.45, 2.75) is 12.8 Å². The Bertz CT molecular complexity index is 674. The highest BCUT2D eigenvalue weighted by Gasteiger charge is 2.09. The van der Waals surface area contributed by atoms with Crippen LogP contribution in [0, 0.1) is 0 Å². The molecule has 0 aliphatic carbocycles. The number of hydrogen-bond acceptors (Lipinski definition) is 3. The van der Waals surface area contributed by atoms with Gasteiger partial charge in [0.25, 0.3) is 0 Å². The molecular weight excluding hydrogens is 280 g/mol. The number of esters is 1. The molecule has 0 aromatic heterocycles. The van der Waals surface area contributed by atoms with Gasteiger partial charge in [0, 0.05) is 5.56 Å². The normalized spacial score (nSPS) is 10.5. The highest BCUT2D eigenvalue weighted by atomic mass is 16.5. The van der Waals surface area contributed by atoms with Crippen LogP contribution in [-0.4, -0.2) is 17.0 Å². The van der Waals surface area contributed by atoms with Gasteiger partial charge in [0.2, 0.25) is 0 Å². The summed E-state index contributed by atoms with van der Waals surface area (Å²) in [5, 5.41) is 8.57. The van der Waals surface area contributed by atoms with E-state index in [2.05, 4.69) is 0 Å². The van der Waals surface area contributed by atoms with E-state index in [-0.39, 0.29) is 12.8 Å². The van der Waals surface area contributed by atoms with E-state index in [1.807, 2.05) is 54.6 Å². The standard InChI is InChI=1S/C18H16O4/c19-17(20)12-13-18(21)22-16-9-5-4-8-15(16)11-10-14-6-2-1-3-7-14/h1-11H,12-13H2,(H,19,20). The summed E-state index contributed by atoms with van der Waals surface area (Å²) in [7, 11) is 0. The lowest BCUT2D eigenvalue weighted by atomic mass is 10.1. The Kier molecular flexibility index (Phi) is 5.49. The fraction of sp³-hybridized carbons (Fsp3) is 0.111. The van der Waals surface area contributed by atoms with Crippen molar-refractivity contribution in [3.05, 3.63) is 65.7 Å². The highest BCUT2D eigenvalue weighted by Crippen LogP contribution is 2.21. The van der Waals surface area contributed by atoms with Gasteiger partial charge in [-0.2, -0.15) is 0 Å². The maximum atomic E-state index is 11.6. The first-order chi connectivity index (χ1) is 10.6. The van der Waals surface area contributed by atoms with E-state index < -0.39 is 11.9 Å². The molecule has 0 radical (unpaired) electrons. The molecule has 0 saturated carbocycles. The zero-order chi connectivity index (χ0) is 15.8. The molecule has 4 heteroatoms. The summed E-state index contributed by atoms with van der Waals surface area (Å²) < 4.78 is 5.23. The van der Waals surface area contributed by atoms with Gasteiger partial charge in [-0.1, -0.05) is 60.7 Å². The lowest BCUT2D eigenvalue weighted by Gasteiger charge is -2.06. The van der Waals surface area contributed by atoms with Crippen LogP contribution in [0.1, 0.15) is 24.0 Å². The van der Waals surface area contributed by atoms with Crippen LogP contribution in [0.5, 0.6) is 5.75 Å². The summed E-state index contributed by atoms with van der Waals surface area (Å²) in [5.74, 6) is -1.15. The number of aliphatic carboxylic acids is 1. The van der Waals surface area contributed by atoms with Crippen molar-refractivity contribution in [2.24, 2.45) is 0 Å². The third-order valence-electron chi connectivity index (χ3n) is 2.94. The molecule has 2 rings (SSSR count). The van der Waals surface area contributed by atoms with E-state index in [1.54, 1.807) is 12.1 Å². The average molecular weight is 296 g/mol. The molecule has 1 N–H and O–H groups in total. The van der Waals surface area contributed by atoms with E-state index in [4.69, 9.17) is 9.84 Å². The summed E-state index contributed by atoms with van der Waals surface area (Å²) in [6.45, 7) is 0. The second kappa shape index (κ2) is 7.78. The number of carboxylic acid groups (broad SMARTS) is 1. The van der Waals surface area contributed by atoms with Crippen molar-refractivity contribution in [3.63, 3.8) is 0 Å². The summed E-state index contributed by atoms with van der Waals surface area (Å²) in [6, 6.07) is 16.9. The average Bonchev–Trinajstić information content (AvgIpc) is 2.53. The third kappa shape index (κ3) is 4.90. The predicted octanol–water partition coefficient (Wildman–Crippen LogP) is 3.63. The molecule has 0 atom stereocenters. The molecule has 0 amide bonds. The number of para-hydroxylation sites is 1. The Morgan fingerprint density at radius 3 is 2.32 bits per heavy atom. The maximum absolute atomic E-state index is 11.6. The van der Waals surface area contributed by atoms with Gasteiger partial charge in [-0.15, -0.1) is 0 Å². The predicted molar refractivity (Wildman–Crippen MR) is 84.3 cm³/mol. The minimum atomic E-state index is -1.02. The molecule has 4 nitrogen and oxygen atoms in total. The minimum absolute atomic E-state index is 0.147. The lowest BCUT2D eigenvalue weighted by Crippen LogP contribution is -2.10. The second-order valence-electron chi connectivity index (χ2n) is 4.65. The fourth-order valence-corrected chi connectivity index (χ4v) is 1.84. The van der Waals surface area contributed by atoms with Gasteiger partial charge in [-0.3, -0.25) is 9.59 Å². The molecule has 0 fully saturated rings. The molecule has 2 aromatic rings.